The molecule has 0 bridgehead atoms. The highest BCUT2D eigenvalue weighted by Gasteiger charge is 2.44. The average Bonchev–Trinajstić information content (AvgIpc) is 3.01. The highest BCUT2D eigenvalue weighted by Crippen LogP contribution is 2.41. The fourth-order valence-corrected chi connectivity index (χ4v) is 6.30. The lowest BCUT2D eigenvalue weighted by Crippen LogP contribution is -2.54. The lowest BCUT2D eigenvalue weighted by Gasteiger charge is -2.46. The minimum atomic E-state index is -3.41. The van der Waals surface area contributed by atoms with E-state index in [-0.39, 0.29) is 17.4 Å². The van der Waals surface area contributed by atoms with Crippen molar-refractivity contribution in [2.75, 3.05) is 46.9 Å². The summed E-state index contributed by atoms with van der Waals surface area (Å²) in [6, 6.07) is -0.0330. The van der Waals surface area contributed by atoms with Crippen molar-refractivity contribution in [3.63, 3.8) is 0 Å². The number of methoxy groups -OCH3 is 1. The largest absolute Gasteiger partial charge is 0.383 e. The molecule has 0 unspecified atom stereocenters. The summed E-state index contributed by atoms with van der Waals surface area (Å²) in [5, 5.41) is 0. The zero-order valence-corrected chi connectivity index (χ0v) is 15.6. The lowest BCUT2D eigenvalue weighted by molar-refractivity contribution is -0.136. The van der Waals surface area contributed by atoms with Crippen LogP contribution in [0.5, 0.6) is 0 Å². The molecule has 8 heteroatoms. The maximum Gasteiger partial charge on any atom is 0.282 e. The highest BCUT2D eigenvalue weighted by atomic mass is 32.2. The number of likely N-dealkylation sites (tertiary alicyclic amines) is 1. The fraction of sp³-hybridized carbons (Fsp3) is 0.938. The molecule has 0 aromatic carbocycles. The van der Waals surface area contributed by atoms with Crippen LogP contribution < -0.4 is 0 Å². The predicted molar refractivity (Wildman–Crippen MR) is 90.6 cm³/mol. The second-order valence-corrected chi connectivity index (χ2v) is 9.40. The van der Waals surface area contributed by atoms with Gasteiger partial charge in [-0.15, -0.1) is 0 Å². The van der Waals surface area contributed by atoms with Crippen molar-refractivity contribution in [3.8, 4) is 0 Å². The van der Waals surface area contributed by atoms with E-state index in [9.17, 15) is 13.2 Å². The molecular formula is C16H29N3O4S. The number of nitrogens with zero attached hydrogens (tertiary/aromatic N) is 3. The maximum atomic E-state index is 13.0. The van der Waals surface area contributed by atoms with E-state index in [4.69, 9.17) is 4.74 Å². The summed E-state index contributed by atoms with van der Waals surface area (Å²) in [5.41, 5.74) is 0.103. The molecule has 3 heterocycles. The molecule has 0 aliphatic carbocycles. The van der Waals surface area contributed by atoms with Crippen molar-refractivity contribution in [2.24, 2.45) is 5.41 Å². The van der Waals surface area contributed by atoms with Crippen molar-refractivity contribution in [3.05, 3.63) is 0 Å². The molecule has 138 valence electrons. The monoisotopic (exact) mass is 359 g/mol. The van der Waals surface area contributed by atoms with Gasteiger partial charge in [-0.1, -0.05) is 0 Å². The Balaban J connectivity index is 1.64. The van der Waals surface area contributed by atoms with Crippen molar-refractivity contribution < 1.29 is 17.9 Å². The highest BCUT2D eigenvalue weighted by molar-refractivity contribution is 7.86. The Bertz CT molecular complexity index is 572. The van der Waals surface area contributed by atoms with E-state index in [1.54, 1.807) is 15.7 Å². The second kappa shape index (κ2) is 6.90. The van der Waals surface area contributed by atoms with Crippen molar-refractivity contribution in [1.29, 1.82) is 0 Å². The van der Waals surface area contributed by atoms with Crippen LogP contribution in [0.3, 0.4) is 0 Å². The van der Waals surface area contributed by atoms with Gasteiger partial charge in [0, 0.05) is 52.8 Å². The standard InChI is InChI=1S/C16H29N3O4S/c1-17-13-16(6-5-15(17)20)7-10-18(11-8-16)24(21,22)19-9-3-4-14(19)12-23-2/h14H,3-13H2,1-2H3/t14-/m0/s1. The first-order valence-electron chi connectivity index (χ1n) is 8.88. The van der Waals surface area contributed by atoms with Gasteiger partial charge in [0.25, 0.3) is 10.2 Å². The third-order valence-electron chi connectivity index (χ3n) is 5.96. The third kappa shape index (κ3) is 3.34. The summed E-state index contributed by atoms with van der Waals surface area (Å²) in [7, 11) is 0.0662. The van der Waals surface area contributed by atoms with Gasteiger partial charge in [-0.25, -0.2) is 0 Å². The summed E-state index contributed by atoms with van der Waals surface area (Å²) in [4.78, 5) is 13.5. The Morgan fingerprint density at radius 3 is 2.54 bits per heavy atom. The minimum absolute atomic E-state index is 0.0330. The molecule has 3 aliphatic heterocycles. The molecule has 7 nitrogen and oxygen atoms in total. The van der Waals surface area contributed by atoms with Crippen LogP contribution in [0.25, 0.3) is 0 Å². The smallest absolute Gasteiger partial charge is 0.282 e. The molecule has 1 spiro atoms. The minimum Gasteiger partial charge on any atom is -0.383 e. The molecule has 3 fully saturated rings. The summed E-state index contributed by atoms with van der Waals surface area (Å²) in [5.74, 6) is 0.204. The number of hydrogen-bond donors (Lipinski definition) is 0. The first kappa shape index (κ1) is 18.1. The van der Waals surface area contributed by atoms with Crippen LogP contribution in [0.15, 0.2) is 0 Å². The number of ether oxygens (including phenoxy) is 1. The Kier molecular flexibility index (Phi) is 5.20. The molecule has 3 rings (SSSR count). The van der Waals surface area contributed by atoms with E-state index >= 15 is 0 Å². The summed E-state index contributed by atoms with van der Waals surface area (Å²) < 4.78 is 34.4. The van der Waals surface area contributed by atoms with Crippen LogP contribution in [-0.2, 0) is 19.7 Å². The van der Waals surface area contributed by atoms with Gasteiger partial charge in [0.1, 0.15) is 0 Å². The zero-order chi connectivity index (χ0) is 17.4. The van der Waals surface area contributed by atoms with Crippen LogP contribution in [0.2, 0.25) is 0 Å². The average molecular weight is 359 g/mol. The van der Waals surface area contributed by atoms with E-state index in [1.807, 2.05) is 11.9 Å². The molecule has 1 atom stereocenters. The van der Waals surface area contributed by atoms with Gasteiger partial charge in [0.05, 0.1) is 6.61 Å². The molecule has 3 aliphatic rings. The van der Waals surface area contributed by atoms with Gasteiger partial charge in [0.15, 0.2) is 0 Å². The van der Waals surface area contributed by atoms with Gasteiger partial charge in [-0.2, -0.15) is 17.0 Å². The van der Waals surface area contributed by atoms with E-state index in [0.29, 0.717) is 32.7 Å². The number of rotatable bonds is 4. The summed E-state index contributed by atoms with van der Waals surface area (Å²) in [6.07, 6.45) is 4.93. The fourth-order valence-electron chi connectivity index (χ4n) is 4.45. The molecule has 0 N–H and O–H groups in total. The van der Waals surface area contributed by atoms with E-state index in [0.717, 1.165) is 38.6 Å². The van der Waals surface area contributed by atoms with Crippen LogP contribution in [0.1, 0.15) is 38.5 Å². The summed E-state index contributed by atoms with van der Waals surface area (Å²) in [6.45, 7) is 2.93. The van der Waals surface area contributed by atoms with Gasteiger partial charge >= 0.3 is 0 Å². The van der Waals surface area contributed by atoms with Crippen molar-refractivity contribution >= 4 is 16.1 Å². The molecule has 3 saturated heterocycles. The van der Waals surface area contributed by atoms with E-state index in [2.05, 4.69) is 0 Å². The Morgan fingerprint density at radius 2 is 1.92 bits per heavy atom. The number of carbonyl (C=O) groups excluding carboxylic acids is 1. The predicted octanol–water partition coefficient (Wildman–Crippen LogP) is 0.676. The number of piperidine rings is 2. The number of hydrogen-bond acceptors (Lipinski definition) is 4. The first-order valence-corrected chi connectivity index (χ1v) is 10.3. The molecule has 0 aromatic heterocycles. The quantitative estimate of drug-likeness (QED) is 0.740. The third-order valence-corrected chi connectivity index (χ3v) is 8.05. The SMILES string of the molecule is COC[C@@H]1CCCN1S(=O)(=O)N1CCC2(CCC(=O)N(C)C2)CC1. The van der Waals surface area contributed by atoms with Crippen molar-refractivity contribution in [1.82, 2.24) is 13.5 Å². The normalized spacial score (nSPS) is 29.5. The Labute approximate surface area is 145 Å². The van der Waals surface area contributed by atoms with Gasteiger partial charge in [-0.3, -0.25) is 4.79 Å². The molecule has 0 radical (unpaired) electrons. The Morgan fingerprint density at radius 1 is 1.21 bits per heavy atom. The zero-order valence-electron chi connectivity index (χ0n) is 14.7. The lowest BCUT2D eigenvalue weighted by atomic mass is 9.73. The van der Waals surface area contributed by atoms with Crippen LogP contribution in [-0.4, -0.2) is 80.8 Å². The van der Waals surface area contributed by atoms with Crippen LogP contribution in [0.4, 0.5) is 0 Å². The van der Waals surface area contributed by atoms with Crippen LogP contribution >= 0.6 is 0 Å². The van der Waals surface area contributed by atoms with E-state index < -0.39 is 10.2 Å². The van der Waals surface area contributed by atoms with Gasteiger partial charge < -0.3 is 9.64 Å². The molecule has 0 saturated carbocycles. The van der Waals surface area contributed by atoms with Gasteiger partial charge in [0.2, 0.25) is 5.91 Å². The second-order valence-electron chi connectivity index (χ2n) is 7.52. The Hall–Kier alpha value is -0.700. The van der Waals surface area contributed by atoms with Gasteiger partial charge in [-0.05, 0) is 37.5 Å². The topological polar surface area (TPSA) is 70.2 Å². The first-order chi connectivity index (χ1) is 11.4. The number of carbonyl (C=O) groups is 1. The van der Waals surface area contributed by atoms with E-state index in [1.165, 1.54) is 0 Å². The maximum absolute atomic E-state index is 13.0. The van der Waals surface area contributed by atoms with Crippen LogP contribution in [0, 0.1) is 5.41 Å². The molecule has 1 amide bonds. The number of amides is 1. The molecular weight excluding hydrogens is 330 g/mol. The van der Waals surface area contributed by atoms with Crippen molar-refractivity contribution in [2.45, 2.75) is 44.6 Å². The molecule has 24 heavy (non-hydrogen) atoms. The molecule has 0 aromatic rings. The summed E-state index contributed by atoms with van der Waals surface area (Å²) >= 11 is 0.